The number of nitrogens with one attached hydrogen (secondary N) is 3. The Labute approximate surface area is 187 Å². The average molecular weight is 427 g/mol. The van der Waals surface area contributed by atoms with Gasteiger partial charge in [-0.2, -0.15) is 0 Å². The summed E-state index contributed by atoms with van der Waals surface area (Å²) >= 11 is 0. The summed E-state index contributed by atoms with van der Waals surface area (Å²) in [5.41, 5.74) is 8.86. The van der Waals surface area contributed by atoms with Gasteiger partial charge in [0.25, 0.3) is 5.91 Å². The Balaban J connectivity index is 1.39. The Bertz CT molecular complexity index is 1160. The topological polar surface area (TPSA) is 73.5 Å². The molecule has 2 aliphatic rings. The van der Waals surface area contributed by atoms with Crippen LogP contribution in [0, 0.1) is 12.8 Å². The minimum Gasteiger partial charge on any atom is -0.384 e. The quantitative estimate of drug-likeness (QED) is 0.587. The molecule has 32 heavy (non-hydrogen) atoms. The molecule has 2 heterocycles. The molecular weight excluding hydrogens is 400 g/mol. The molecule has 1 fully saturated rings. The molecule has 162 valence electrons. The van der Waals surface area contributed by atoms with Crippen LogP contribution in [0.2, 0.25) is 0 Å². The van der Waals surface area contributed by atoms with Crippen LogP contribution >= 0.6 is 0 Å². The van der Waals surface area contributed by atoms with E-state index in [0.717, 1.165) is 28.1 Å². The number of rotatable bonds is 4. The summed E-state index contributed by atoms with van der Waals surface area (Å²) in [6.45, 7) is 4.55. The number of amides is 2. The largest absolute Gasteiger partial charge is 0.384 e. The summed E-state index contributed by atoms with van der Waals surface area (Å²) in [6.07, 6.45) is 0. The Morgan fingerprint density at radius 2 is 1.81 bits per heavy atom. The summed E-state index contributed by atoms with van der Waals surface area (Å²) in [4.78, 5) is 26.1. The van der Waals surface area contributed by atoms with Crippen LogP contribution < -0.4 is 21.1 Å². The Morgan fingerprint density at radius 1 is 1.06 bits per heavy atom. The molecule has 6 nitrogen and oxygen atoms in total. The van der Waals surface area contributed by atoms with E-state index in [1.165, 1.54) is 0 Å². The lowest BCUT2D eigenvalue weighted by Gasteiger charge is -2.27. The molecule has 0 aromatic heterocycles. The Hall–Kier alpha value is -3.64. The number of carbonyl (C=O) groups is 2. The van der Waals surface area contributed by atoms with Gasteiger partial charge < -0.3 is 10.6 Å². The first-order valence-electron chi connectivity index (χ1n) is 10.9. The van der Waals surface area contributed by atoms with Gasteiger partial charge in [0.15, 0.2) is 0 Å². The predicted molar refractivity (Wildman–Crippen MR) is 125 cm³/mol. The summed E-state index contributed by atoms with van der Waals surface area (Å²) in [6, 6.07) is 23.1. The average Bonchev–Trinajstić information content (AvgIpc) is 3.16. The summed E-state index contributed by atoms with van der Waals surface area (Å²) in [5, 5.41) is 8.06. The minimum absolute atomic E-state index is 0.0320. The number of hydrogen-bond acceptors (Lipinski definition) is 4. The van der Waals surface area contributed by atoms with E-state index in [0.29, 0.717) is 12.1 Å². The predicted octanol–water partition coefficient (Wildman–Crippen LogP) is 4.12. The molecule has 0 bridgehead atoms. The second-order valence-corrected chi connectivity index (χ2v) is 8.51. The van der Waals surface area contributed by atoms with E-state index < -0.39 is 0 Å². The van der Waals surface area contributed by atoms with Crippen molar-refractivity contribution in [3.63, 3.8) is 0 Å². The number of carbonyl (C=O) groups excluding carboxylic acids is 2. The maximum Gasteiger partial charge on any atom is 0.251 e. The fraction of sp³-hybridized carbons (Fsp3) is 0.231. The molecule has 5 rings (SSSR count). The monoisotopic (exact) mass is 426 g/mol. The van der Waals surface area contributed by atoms with Crippen LogP contribution in [0.4, 0.5) is 11.4 Å². The number of anilines is 2. The fourth-order valence-corrected chi connectivity index (χ4v) is 4.44. The highest BCUT2D eigenvalue weighted by atomic mass is 16.2. The summed E-state index contributed by atoms with van der Waals surface area (Å²) in [7, 11) is 0. The third-order valence-electron chi connectivity index (χ3n) is 6.31. The van der Waals surface area contributed by atoms with Crippen molar-refractivity contribution in [2.24, 2.45) is 5.92 Å². The van der Waals surface area contributed by atoms with Crippen LogP contribution in [-0.2, 0) is 4.79 Å². The van der Waals surface area contributed by atoms with Gasteiger partial charge in [0.1, 0.15) is 0 Å². The number of fused-ring (bicyclic) bond motifs is 3. The van der Waals surface area contributed by atoms with Gasteiger partial charge in [0.2, 0.25) is 5.91 Å². The molecule has 3 atom stereocenters. The van der Waals surface area contributed by atoms with Crippen molar-refractivity contribution in [3.05, 3.63) is 95.1 Å². The molecule has 3 N–H and O–H groups in total. The molecule has 0 saturated carbocycles. The summed E-state index contributed by atoms with van der Waals surface area (Å²) < 4.78 is 0. The van der Waals surface area contributed by atoms with Crippen LogP contribution in [0.25, 0.3) is 0 Å². The highest BCUT2D eigenvalue weighted by Gasteiger charge is 2.44. The van der Waals surface area contributed by atoms with E-state index in [1.807, 2.05) is 86.6 Å². The second-order valence-electron chi connectivity index (χ2n) is 8.51. The van der Waals surface area contributed by atoms with E-state index in [2.05, 4.69) is 16.1 Å². The van der Waals surface area contributed by atoms with Gasteiger partial charge in [0, 0.05) is 17.8 Å². The lowest BCUT2D eigenvalue weighted by molar-refractivity contribution is -0.120. The van der Waals surface area contributed by atoms with E-state index in [9.17, 15) is 9.59 Å². The first-order chi connectivity index (χ1) is 15.5. The van der Waals surface area contributed by atoms with Crippen LogP contribution in [0.15, 0.2) is 72.8 Å². The van der Waals surface area contributed by atoms with Gasteiger partial charge in [-0.3, -0.25) is 9.59 Å². The highest BCUT2D eigenvalue weighted by molar-refractivity contribution is 5.99. The van der Waals surface area contributed by atoms with Crippen LogP contribution in [0.5, 0.6) is 0 Å². The van der Waals surface area contributed by atoms with Crippen molar-refractivity contribution < 1.29 is 9.59 Å². The van der Waals surface area contributed by atoms with E-state index >= 15 is 0 Å². The van der Waals surface area contributed by atoms with Crippen LogP contribution in [-0.4, -0.2) is 18.4 Å². The van der Waals surface area contributed by atoms with Crippen molar-refractivity contribution >= 4 is 23.2 Å². The lowest BCUT2D eigenvalue weighted by Crippen LogP contribution is -2.35. The molecule has 2 amide bonds. The van der Waals surface area contributed by atoms with Crippen LogP contribution in [0.3, 0.4) is 0 Å². The Kier molecular flexibility index (Phi) is 5.15. The number of hydrogen-bond donors (Lipinski definition) is 3. The molecule has 3 aromatic rings. The van der Waals surface area contributed by atoms with Crippen molar-refractivity contribution in [2.45, 2.75) is 25.9 Å². The highest BCUT2D eigenvalue weighted by Crippen LogP contribution is 2.40. The van der Waals surface area contributed by atoms with Crippen molar-refractivity contribution in [1.82, 2.24) is 10.7 Å². The molecule has 2 aliphatic heterocycles. The number of nitrogens with zero attached hydrogens (tertiary/aromatic N) is 1. The third-order valence-corrected chi connectivity index (χ3v) is 6.31. The minimum atomic E-state index is -0.231. The molecule has 0 spiro atoms. The first kappa shape index (κ1) is 20.3. The zero-order valence-electron chi connectivity index (χ0n) is 18.1. The first-order valence-corrected chi connectivity index (χ1v) is 10.9. The van der Waals surface area contributed by atoms with Gasteiger partial charge in [-0.25, -0.2) is 10.4 Å². The van der Waals surface area contributed by atoms with Gasteiger partial charge in [-0.05, 0) is 55.3 Å². The second kappa shape index (κ2) is 8.13. The fourth-order valence-electron chi connectivity index (χ4n) is 4.44. The number of aryl methyl sites for hydroxylation is 1. The van der Waals surface area contributed by atoms with Crippen molar-refractivity contribution in [2.75, 3.05) is 16.9 Å². The molecule has 1 saturated heterocycles. The van der Waals surface area contributed by atoms with Gasteiger partial charge in [-0.15, -0.1) is 0 Å². The smallest absolute Gasteiger partial charge is 0.251 e. The number of benzene rings is 3. The molecule has 0 aliphatic carbocycles. The molecule has 3 unspecified atom stereocenters. The molecule has 3 aromatic carbocycles. The zero-order chi connectivity index (χ0) is 22.2. The SMILES string of the molecule is Cc1ccc(N2NC3c4cc(C(=O)NC(C)c5ccccc5)ccc4NCC3C2=O)cc1. The third kappa shape index (κ3) is 3.63. The number of hydrazine groups is 1. The van der Waals surface area contributed by atoms with Crippen molar-refractivity contribution in [3.8, 4) is 0 Å². The molecular formula is C26H26N4O2. The maximum atomic E-state index is 13.1. The van der Waals surface area contributed by atoms with E-state index in [4.69, 9.17) is 0 Å². The summed E-state index contributed by atoms with van der Waals surface area (Å²) in [5.74, 6) is -0.332. The normalized spacial score (nSPS) is 20.2. The molecule has 0 radical (unpaired) electrons. The maximum absolute atomic E-state index is 13.1. The Morgan fingerprint density at radius 3 is 2.56 bits per heavy atom. The standard InChI is InChI=1S/C26H26N4O2/c1-16-8-11-20(12-9-16)30-26(32)22-15-27-23-13-10-19(14-21(23)24(22)29-30)25(31)28-17(2)18-6-4-3-5-7-18/h3-14,17,22,24,27,29H,15H2,1-2H3,(H,28,31). The van der Waals surface area contributed by atoms with E-state index in [1.54, 1.807) is 5.01 Å². The zero-order valence-corrected chi connectivity index (χ0v) is 18.1. The van der Waals surface area contributed by atoms with Gasteiger partial charge >= 0.3 is 0 Å². The molecule has 6 heteroatoms. The van der Waals surface area contributed by atoms with Gasteiger partial charge in [-0.1, -0.05) is 48.0 Å². The van der Waals surface area contributed by atoms with Gasteiger partial charge in [0.05, 0.1) is 23.7 Å². The van der Waals surface area contributed by atoms with Crippen LogP contribution in [0.1, 0.15) is 46.1 Å². The lowest BCUT2D eigenvalue weighted by atomic mass is 9.88. The van der Waals surface area contributed by atoms with E-state index in [-0.39, 0.29) is 29.8 Å². The van der Waals surface area contributed by atoms with Crippen molar-refractivity contribution in [1.29, 1.82) is 0 Å².